The van der Waals surface area contributed by atoms with Gasteiger partial charge >= 0.3 is 17.9 Å². The van der Waals surface area contributed by atoms with Gasteiger partial charge in [0.1, 0.15) is 6.04 Å². The van der Waals surface area contributed by atoms with E-state index >= 15 is 0 Å². The SMILES string of the molecule is CCCCCCC(=O)NC(CC(=O)OCC(=O)C1(OC(=O)CCCC)C(C)CC2C3CCC4=CC(=O)C=CC4(C)C3(Cl)C(O)CC21C)C(=O)O. The lowest BCUT2D eigenvalue weighted by Gasteiger charge is -2.64. The summed E-state index contributed by atoms with van der Waals surface area (Å²) in [6.07, 6.45) is 9.45. The van der Waals surface area contributed by atoms with Crippen LogP contribution in [-0.2, 0) is 38.2 Å². The van der Waals surface area contributed by atoms with Crippen LogP contribution in [0.5, 0.6) is 0 Å². The first-order valence-corrected chi connectivity index (χ1v) is 18.6. The molecule has 9 atom stereocenters. The average molecular weight is 720 g/mol. The van der Waals surface area contributed by atoms with E-state index in [1.54, 1.807) is 12.2 Å². The highest BCUT2D eigenvalue weighted by Crippen LogP contribution is 2.72. The van der Waals surface area contributed by atoms with Gasteiger partial charge < -0.3 is 25.0 Å². The van der Waals surface area contributed by atoms with Crippen molar-refractivity contribution >= 4 is 47.0 Å². The number of halogens is 1. The largest absolute Gasteiger partial charge is 0.480 e. The van der Waals surface area contributed by atoms with Gasteiger partial charge in [0.05, 0.1) is 17.4 Å². The molecule has 0 radical (unpaired) electrons. The molecule has 4 rings (SSSR count). The van der Waals surface area contributed by atoms with Crippen LogP contribution in [0.4, 0.5) is 0 Å². The fourth-order valence-corrected chi connectivity index (χ4v) is 10.1. The molecule has 278 valence electrons. The fourth-order valence-electron chi connectivity index (χ4n) is 9.61. The van der Waals surface area contributed by atoms with E-state index < -0.39 is 82.0 Å². The second-order valence-corrected chi connectivity index (χ2v) is 15.9. The monoisotopic (exact) mass is 719 g/mol. The standard InChI is InChI=1S/C38H54ClNO10/c1-6-8-10-11-12-31(44)40-28(34(47)48)20-33(46)49-22-30(43)38(50-32(45)13-9-7-2)23(3)18-27-26-15-14-24-19-25(41)16-17-35(24,4)37(26,39)29(42)21-36(27,38)5/h16-17,19,23,26-29,42H,6-15,18,20-22H2,1-5H3,(H,40,44)(H,47,48). The summed E-state index contributed by atoms with van der Waals surface area (Å²) in [7, 11) is 0. The third kappa shape index (κ3) is 7.05. The van der Waals surface area contributed by atoms with Crippen LogP contribution < -0.4 is 5.32 Å². The Labute approximate surface area is 299 Å². The first-order chi connectivity index (χ1) is 23.5. The van der Waals surface area contributed by atoms with Gasteiger partial charge in [-0.15, -0.1) is 11.6 Å². The normalized spacial score (nSPS) is 34.8. The van der Waals surface area contributed by atoms with Crippen LogP contribution in [-0.4, -0.2) is 74.8 Å². The maximum absolute atomic E-state index is 14.5. The summed E-state index contributed by atoms with van der Waals surface area (Å²) in [6, 6.07) is -1.54. The van der Waals surface area contributed by atoms with Crippen molar-refractivity contribution in [3.05, 3.63) is 23.8 Å². The van der Waals surface area contributed by atoms with Gasteiger partial charge in [0.2, 0.25) is 11.7 Å². The number of rotatable bonds is 16. The predicted molar refractivity (Wildman–Crippen MR) is 185 cm³/mol. The number of Topliss-reactive ketones (excluding diaryl/α,β-unsaturated/α-hetero) is 1. The summed E-state index contributed by atoms with van der Waals surface area (Å²) in [5, 5.41) is 24.1. The molecule has 11 nitrogen and oxygen atoms in total. The third-order valence-electron chi connectivity index (χ3n) is 12.2. The number of unbranched alkanes of at least 4 members (excludes halogenated alkanes) is 4. The minimum Gasteiger partial charge on any atom is -0.480 e. The number of nitrogens with one attached hydrogen (secondary N) is 1. The van der Waals surface area contributed by atoms with Gasteiger partial charge in [-0.25, -0.2) is 4.79 Å². The zero-order valence-electron chi connectivity index (χ0n) is 30.1. The number of fused-ring (bicyclic) bond motifs is 5. The van der Waals surface area contributed by atoms with Gasteiger partial charge in [-0.05, 0) is 62.5 Å². The zero-order valence-corrected chi connectivity index (χ0v) is 30.8. The van der Waals surface area contributed by atoms with Crippen LogP contribution in [0, 0.1) is 28.6 Å². The summed E-state index contributed by atoms with van der Waals surface area (Å²) >= 11 is 7.57. The molecular formula is C38H54ClNO10. The number of carboxylic acid groups (broad SMARTS) is 1. The molecule has 0 aromatic carbocycles. The number of carboxylic acids is 1. The summed E-state index contributed by atoms with van der Waals surface area (Å²) in [6.45, 7) is 8.79. The number of aliphatic carboxylic acids is 1. The molecule has 0 aromatic rings. The summed E-state index contributed by atoms with van der Waals surface area (Å²) in [5.74, 6) is -5.37. The quantitative estimate of drug-likeness (QED) is 0.107. The minimum absolute atomic E-state index is 0.0127. The van der Waals surface area contributed by atoms with E-state index in [-0.39, 0.29) is 36.9 Å². The van der Waals surface area contributed by atoms with Gasteiger partial charge in [0, 0.05) is 29.6 Å². The number of ether oxygens (including phenoxy) is 2. The highest BCUT2D eigenvalue weighted by atomic mass is 35.5. The van der Waals surface area contributed by atoms with Crippen LogP contribution in [0.2, 0.25) is 0 Å². The number of aliphatic hydroxyl groups excluding tert-OH is 1. The molecule has 0 saturated heterocycles. The topological polar surface area (TPSA) is 173 Å². The number of aliphatic hydroxyl groups is 1. The van der Waals surface area contributed by atoms with Gasteiger partial charge in [-0.2, -0.15) is 0 Å². The van der Waals surface area contributed by atoms with Crippen molar-refractivity contribution in [2.45, 2.75) is 141 Å². The van der Waals surface area contributed by atoms with E-state index in [9.17, 15) is 39.0 Å². The van der Waals surface area contributed by atoms with Crippen molar-refractivity contribution in [3.8, 4) is 0 Å². The molecule has 4 aliphatic rings. The number of carbonyl (C=O) groups is 6. The van der Waals surface area contributed by atoms with Gasteiger partial charge in [-0.1, -0.05) is 72.0 Å². The van der Waals surface area contributed by atoms with Crippen molar-refractivity contribution in [1.82, 2.24) is 5.32 Å². The Morgan fingerprint density at radius 1 is 1.02 bits per heavy atom. The minimum atomic E-state index is -1.77. The highest BCUT2D eigenvalue weighted by molar-refractivity contribution is 6.26. The lowest BCUT2D eigenvalue weighted by molar-refractivity contribution is -0.204. The van der Waals surface area contributed by atoms with Gasteiger partial charge in [-0.3, -0.25) is 24.0 Å². The van der Waals surface area contributed by atoms with Gasteiger partial charge in [0.25, 0.3) is 0 Å². The Hall–Kier alpha value is -3.05. The lowest BCUT2D eigenvalue weighted by atomic mass is 9.45. The number of carbonyl (C=O) groups excluding carboxylic acids is 5. The molecule has 0 aliphatic heterocycles. The molecule has 12 heteroatoms. The summed E-state index contributed by atoms with van der Waals surface area (Å²) in [4.78, 5) is 76.1. The number of ketones is 2. The molecule has 0 bridgehead atoms. The number of alkyl halides is 1. The Balaban J connectivity index is 1.59. The Morgan fingerprint density at radius 2 is 1.72 bits per heavy atom. The second kappa shape index (κ2) is 15.7. The van der Waals surface area contributed by atoms with Crippen molar-refractivity contribution in [2.75, 3.05) is 6.61 Å². The second-order valence-electron chi connectivity index (χ2n) is 15.3. The van der Waals surface area contributed by atoms with Gasteiger partial charge in [0.15, 0.2) is 18.0 Å². The number of hydrogen-bond donors (Lipinski definition) is 3. The molecule has 3 saturated carbocycles. The van der Waals surface area contributed by atoms with E-state index in [1.807, 2.05) is 34.6 Å². The predicted octanol–water partition coefficient (Wildman–Crippen LogP) is 5.39. The average Bonchev–Trinajstić information content (AvgIpc) is 3.27. The van der Waals surface area contributed by atoms with Crippen LogP contribution in [0.25, 0.3) is 0 Å². The summed E-state index contributed by atoms with van der Waals surface area (Å²) in [5.41, 5.74) is -2.82. The third-order valence-corrected chi connectivity index (χ3v) is 13.2. The van der Waals surface area contributed by atoms with E-state index in [0.717, 1.165) is 31.3 Å². The smallest absolute Gasteiger partial charge is 0.326 e. The Bertz CT molecular complexity index is 1430. The van der Waals surface area contributed by atoms with Crippen molar-refractivity contribution in [1.29, 1.82) is 0 Å². The molecule has 4 aliphatic carbocycles. The Morgan fingerprint density at radius 3 is 2.38 bits per heavy atom. The van der Waals surface area contributed by atoms with Crippen molar-refractivity contribution in [2.24, 2.45) is 28.6 Å². The van der Waals surface area contributed by atoms with E-state index in [2.05, 4.69) is 5.32 Å². The fraction of sp³-hybridized carbons (Fsp3) is 0.737. The van der Waals surface area contributed by atoms with Crippen LogP contribution in [0.1, 0.15) is 118 Å². The molecule has 50 heavy (non-hydrogen) atoms. The molecule has 0 aromatic heterocycles. The maximum Gasteiger partial charge on any atom is 0.326 e. The molecule has 1 amide bonds. The van der Waals surface area contributed by atoms with E-state index in [1.165, 1.54) is 6.08 Å². The number of amides is 1. The molecule has 3 N–H and O–H groups in total. The molecular weight excluding hydrogens is 666 g/mol. The van der Waals surface area contributed by atoms with Crippen LogP contribution in [0.15, 0.2) is 23.8 Å². The number of hydrogen-bond acceptors (Lipinski definition) is 9. The molecule has 0 spiro atoms. The van der Waals surface area contributed by atoms with Crippen LogP contribution in [0.3, 0.4) is 0 Å². The number of esters is 2. The molecule has 3 fully saturated rings. The first-order valence-electron chi connectivity index (χ1n) is 18.3. The lowest BCUT2D eigenvalue weighted by Crippen LogP contribution is -2.69. The summed E-state index contributed by atoms with van der Waals surface area (Å²) < 4.78 is 11.6. The Kier molecular flexibility index (Phi) is 12.5. The van der Waals surface area contributed by atoms with E-state index in [4.69, 9.17) is 21.1 Å². The van der Waals surface area contributed by atoms with Crippen molar-refractivity contribution in [3.63, 3.8) is 0 Å². The molecule has 9 unspecified atom stereocenters. The van der Waals surface area contributed by atoms with E-state index in [0.29, 0.717) is 32.1 Å². The zero-order chi connectivity index (χ0) is 37.1. The van der Waals surface area contributed by atoms with Crippen molar-refractivity contribution < 1.29 is 48.5 Å². The first kappa shape index (κ1) is 39.7. The maximum atomic E-state index is 14.5. The van der Waals surface area contributed by atoms with Crippen LogP contribution >= 0.6 is 11.6 Å². The molecule has 0 heterocycles. The highest BCUT2D eigenvalue weighted by Gasteiger charge is 2.76. The number of allylic oxidation sites excluding steroid dienone is 4.